The maximum absolute atomic E-state index is 10.2. The standard InChI is InChI=1S/C28H35N3O.3CHO.Re/c32-28-15-6-5-13-26(28)22-31(23-27-14-7-8-17-29-27)19-10-2-1-9-18-30-20-16-24-11-3-4-12-25(24)21-30;3*1-2;/h3-8,11-15,17,32H,1-2,9-10,16,18-23H2;3*1H;/q;3*-1;. The van der Waals surface area contributed by atoms with Crippen LogP contribution < -0.4 is 0 Å². The average molecular weight is 703 g/mol. The molecule has 0 bridgehead atoms. The molecule has 0 amide bonds. The molecule has 4 rings (SSSR count). The SMILES string of the molecule is Oc1ccccc1CN(CCCCCCN1CCc2ccccc2C1)Cc1ccccn1.[CH-]=O.[CH-]=O.[CH-]=O.[Re]. The number of carbonyl (C=O) groups excluding carboxylic acids is 3. The molecule has 0 saturated carbocycles. The Bertz CT molecular complexity index is 1020. The van der Waals surface area contributed by atoms with Gasteiger partial charge in [0.2, 0.25) is 0 Å². The second kappa shape index (κ2) is 22.9. The first-order chi connectivity index (χ1) is 18.8. The minimum atomic E-state index is 0. The van der Waals surface area contributed by atoms with Crippen molar-refractivity contribution in [3.8, 4) is 5.75 Å². The van der Waals surface area contributed by atoms with Crippen molar-refractivity contribution in [2.75, 3.05) is 19.6 Å². The van der Waals surface area contributed by atoms with Crippen LogP contribution in [0.25, 0.3) is 0 Å². The Morgan fingerprint density at radius 3 is 2.10 bits per heavy atom. The summed E-state index contributed by atoms with van der Waals surface area (Å²) >= 11 is 0. The summed E-state index contributed by atoms with van der Waals surface area (Å²) in [4.78, 5) is 32.8. The minimum absolute atomic E-state index is 0. The van der Waals surface area contributed by atoms with E-state index in [9.17, 15) is 5.11 Å². The first kappa shape index (κ1) is 36.0. The zero-order chi connectivity index (χ0) is 28.0. The molecular weight excluding hydrogens is 665 g/mol. The Morgan fingerprint density at radius 2 is 1.41 bits per heavy atom. The molecule has 0 spiro atoms. The molecule has 2 aromatic carbocycles. The zero-order valence-corrected chi connectivity index (χ0v) is 25.0. The summed E-state index contributed by atoms with van der Waals surface area (Å²) in [7, 11) is 0. The summed E-state index contributed by atoms with van der Waals surface area (Å²) in [6, 6.07) is 22.6. The molecule has 1 aliphatic heterocycles. The first-order valence-corrected chi connectivity index (χ1v) is 12.7. The van der Waals surface area contributed by atoms with Crippen molar-refractivity contribution in [3.05, 3.63) is 95.3 Å². The Balaban J connectivity index is 0.00000193. The van der Waals surface area contributed by atoms with Crippen LogP contribution in [-0.2, 0) is 60.9 Å². The summed E-state index contributed by atoms with van der Waals surface area (Å²) in [6.07, 6.45) is 7.98. The monoisotopic (exact) mass is 703 g/mol. The van der Waals surface area contributed by atoms with E-state index in [1.165, 1.54) is 56.3 Å². The van der Waals surface area contributed by atoms with Crippen LogP contribution in [0.1, 0.15) is 48.1 Å². The number of hydrogen-bond acceptors (Lipinski definition) is 7. The van der Waals surface area contributed by atoms with Gasteiger partial charge in [-0.1, -0.05) is 61.4 Å². The largest absolute Gasteiger partial charge is 0.545 e. The van der Waals surface area contributed by atoms with E-state index in [0.717, 1.165) is 37.4 Å². The van der Waals surface area contributed by atoms with Crippen molar-refractivity contribution in [1.82, 2.24) is 14.8 Å². The van der Waals surface area contributed by atoms with E-state index in [0.29, 0.717) is 5.75 Å². The second-order valence-corrected chi connectivity index (χ2v) is 8.87. The number of aromatic nitrogens is 1. The predicted molar refractivity (Wildman–Crippen MR) is 151 cm³/mol. The number of nitrogens with zero attached hydrogens (tertiary/aromatic N) is 3. The molecule has 7 nitrogen and oxygen atoms in total. The van der Waals surface area contributed by atoms with E-state index < -0.39 is 0 Å². The molecule has 1 aromatic heterocycles. The van der Waals surface area contributed by atoms with Gasteiger partial charge in [0.25, 0.3) is 0 Å². The molecule has 1 aliphatic rings. The number of aromatic hydroxyl groups is 1. The molecule has 0 unspecified atom stereocenters. The van der Waals surface area contributed by atoms with E-state index in [2.05, 4.69) is 65.5 Å². The van der Waals surface area contributed by atoms with E-state index in [4.69, 9.17) is 14.4 Å². The smallest absolute Gasteiger partial charge is 0.120 e. The Hall–Kier alpha value is -3.02. The fourth-order valence-electron chi connectivity index (χ4n) is 4.59. The minimum Gasteiger partial charge on any atom is -0.545 e. The van der Waals surface area contributed by atoms with Crippen LogP contribution in [0.15, 0.2) is 72.9 Å². The van der Waals surface area contributed by atoms with Gasteiger partial charge in [0.05, 0.1) is 5.69 Å². The number of phenolic OH excluding ortho intramolecular Hbond substituents is 1. The van der Waals surface area contributed by atoms with Crippen LogP contribution in [-0.4, -0.2) is 59.9 Å². The topological polar surface area (TPSA) is 90.8 Å². The van der Waals surface area contributed by atoms with Gasteiger partial charge in [-0.15, -0.1) is 0 Å². The number of benzene rings is 2. The van der Waals surface area contributed by atoms with Gasteiger partial charge >= 0.3 is 0 Å². The summed E-state index contributed by atoms with van der Waals surface area (Å²) in [6.45, 7) is 15.8. The van der Waals surface area contributed by atoms with Crippen molar-refractivity contribution < 1.29 is 39.9 Å². The van der Waals surface area contributed by atoms with E-state index in [1.54, 1.807) is 6.07 Å². The van der Waals surface area contributed by atoms with Crippen LogP contribution in [0.5, 0.6) is 5.75 Å². The first-order valence-electron chi connectivity index (χ1n) is 12.7. The molecule has 0 saturated heterocycles. The molecule has 0 aliphatic carbocycles. The predicted octanol–water partition coefficient (Wildman–Crippen LogP) is 4.58. The molecule has 1 radical (unpaired) electrons. The van der Waals surface area contributed by atoms with Crippen molar-refractivity contribution >= 4 is 20.4 Å². The molecule has 0 atom stereocenters. The Morgan fingerprint density at radius 1 is 0.769 bits per heavy atom. The van der Waals surface area contributed by atoms with Gasteiger partial charge in [0, 0.05) is 58.4 Å². The number of pyridine rings is 1. The summed E-state index contributed by atoms with van der Waals surface area (Å²) in [5.74, 6) is 0.377. The van der Waals surface area contributed by atoms with Gasteiger partial charge in [-0.3, -0.25) is 35.2 Å². The third kappa shape index (κ3) is 13.6. The molecular formula is C31H38N3O4Re-3. The van der Waals surface area contributed by atoms with Gasteiger partial charge in [-0.25, -0.2) is 0 Å². The second-order valence-electron chi connectivity index (χ2n) is 8.87. The molecule has 3 aromatic rings. The number of phenols is 1. The Labute approximate surface area is 246 Å². The van der Waals surface area contributed by atoms with Crippen molar-refractivity contribution in [2.45, 2.75) is 51.7 Å². The number of para-hydroxylation sites is 1. The van der Waals surface area contributed by atoms with Crippen molar-refractivity contribution in [2.24, 2.45) is 0 Å². The molecule has 39 heavy (non-hydrogen) atoms. The molecule has 0 fully saturated rings. The van der Waals surface area contributed by atoms with E-state index in [-0.39, 0.29) is 20.4 Å². The van der Waals surface area contributed by atoms with Crippen LogP contribution in [0.4, 0.5) is 0 Å². The number of rotatable bonds is 11. The van der Waals surface area contributed by atoms with Crippen LogP contribution in [0.2, 0.25) is 0 Å². The molecule has 2 heterocycles. The van der Waals surface area contributed by atoms with Gasteiger partial charge in [0.1, 0.15) is 5.75 Å². The molecule has 211 valence electrons. The number of fused-ring (bicyclic) bond motifs is 1. The van der Waals surface area contributed by atoms with Gasteiger partial charge < -0.3 is 19.5 Å². The van der Waals surface area contributed by atoms with E-state index in [1.807, 2.05) is 36.5 Å². The maximum atomic E-state index is 10.2. The molecule has 1 N–H and O–H groups in total. The normalized spacial score (nSPS) is 11.7. The third-order valence-corrected chi connectivity index (χ3v) is 6.41. The summed E-state index contributed by atoms with van der Waals surface area (Å²) in [5, 5.41) is 10.2. The van der Waals surface area contributed by atoms with Crippen molar-refractivity contribution in [1.29, 1.82) is 0 Å². The quantitative estimate of drug-likeness (QED) is 0.178. The fourth-order valence-corrected chi connectivity index (χ4v) is 4.59. The van der Waals surface area contributed by atoms with Crippen LogP contribution >= 0.6 is 0 Å². The fraction of sp³-hybridized carbons (Fsp3) is 0.355. The zero-order valence-electron chi connectivity index (χ0n) is 22.3. The summed E-state index contributed by atoms with van der Waals surface area (Å²) in [5.41, 5.74) is 5.09. The van der Waals surface area contributed by atoms with E-state index >= 15 is 0 Å². The number of unbranched alkanes of at least 4 members (excludes halogenated alkanes) is 3. The van der Waals surface area contributed by atoms with Gasteiger partial charge in [-0.2, -0.15) is 0 Å². The average Bonchev–Trinajstić information content (AvgIpc) is 2.99. The Kier molecular flexibility index (Phi) is 21.1. The summed E-state index contributed by atoms with van der Waals surface area (Å²) < 4.78 is 0. The van der Waals surface area contributed by atoms with Gasteiger partial charge in [-0.05, 0) is 61.7 Å². The van der Waals surface area contributed by atoms with Crippen molar-refractivity contribution in [3.63, 3.8) is 0 Å². The van der Waals surface area contributed by atoms with Gasteiger partial charge in [0.15, 0.2) is 0 Å². The number of hydrogen-bond donors (Lipinski definition) is 1. The van der Waals surface area contributed by atoms with Crippen LogP contribution in [0.3, 0.4) is 0 Å². The molecule has 8 heteroatoms. The maximum Gasteiger partial charge on any atom is 0.120 e. The third-order valence-electron chi connectivity index (χ3n) is 6.41. The van der Waals surface area contributed by atoms with Crippen LogP contribution in [0, 0.1) is 0 Å².